The van der Waals surface area contributed by atoms with Crippen LogP contribution in [0.4, 0.5) is 0 Å². The average molecular weight is 381 g/mol. The van der Waals surface area contributed by atoms with Gasteiger partial charge in [0.05, 0.1) is 6.54 Å². The summed E-state index contributed by atoms with van der Waals surface area (Å²) < 4.78 is 5.88. The molecule has 2 heterocycles. The van der Waals surface area contributed by atoms with E-state index in [0.717, 1.165) is 43.0 Å². The van der Waals surface area contributed by atoms with Gasteiger partial charge in [-0.2, -0.15) is 0 Å². The Labute approximate surface area is 165 Å². The highest BCUT2D eigenvalue weighted by atomic mass is 16.3. The number of nitrogens with zero attached hydrogens (tertiary/aromatic N) is 2. The van der Waals surface area contributed by atoms with Gasteiger partial charge in [0, 0.05) is 50.6 Å². The zero-order chi connectivity index (χ0) is 19.3. The lowest BCUT2D eigenvalue weighted by Gasteiger charge is -2.34. The number of hydrogen-bond donors (Lipinski definition) is 1. The average Bonchev–Trinajstić information content (AvgIpc) is 3.40. The van der Waals surface area contributed by atoms with Gasteiger partial charge >= 0.3 is 0 Å². The van der Waals surface area contributed by atoms with E-state index in [-0.39, 0.29) is 11.8 Å². The van der Waals surface area contributed by atoms with E-state index in [2.05, 4.69) is 10.2 Å². The fraction of sp³-hybridized carbons (Fsp3) is 0.455. The maximum Gasteiger partial charge on any atom is 0.234 e. The Bertz CT molecular complexity index is 805. The van der Waals surface area contributed by atoms with Crippen LogP contribution in [0.25, 0.3) is 11.3 Å². The van der Waals surface area contributed by atoms with Crippen LogP contribution in [0.15, 0.2) is 46.9 Å². The van der Waals surface area contributed by atoms with Gasteiger partial charge in [-0.25, -0.2) is 0 Å². The molecule has 1 aliphatic carbocycles. The molecule has 2 aromatic rings. The largest absolute Gasteiger partial charge is 0.461 e. The molecule has 0 spiro atoms. The molecular formula is C22H27N3O3. The summed E-state index contributed by atoms with van der Waals surface area (Å²) in [7, 11) is 0. The summed E-state index contributed by atoms with van der Waals surface area (Å²) in [5, 5.41) is 3.02. The van der Waals surface area contributed by atoms with Crippen molar-refractivity contribution in [3.8, 4) is 11.3 Å². The smallest absolute Gasteiger partial charge is 0.234 e. The Kier molecular flexibility index (Phi) is 5.76. The molecule has 0 unspecified atom stereocenters. The number of piperazine rings is 1. The predicted molar refractivity (Wildman–Crippen MR) is 107 cm³/mol. The van der Waals surface area contributed by atoms with Crippen molar-refractivity contribution < 1.29 is 14.0 Å². The van der Waals surface area contributed by atoms with E-state index in [0.29, 0.717) is 38.5 Å². The number of benzene rings is 1. The van der Waals surface area contributed by atoms with Crippen molar-refractivity contribution in [2.45, 2.75) is 31.7 Å². The SMILES string of the molecule is O=C(CN1CCN(C(=O)CCc2ccc(-c3ccccc3)o2)CC1)NC1CC1. The van der Waals surface area contributed by atoms with E-state index >= 15 is 0 Å². The zero-order valence-corrected chi connectivity index (χ0v) is 16.1. The quantitative estimate of drug-likeness (QED) is 0.799. The Morgan fingerprint density at radius 1 is 1.00 bits per heavy atom. The van der Waals surface area contributed by atoms with Gasteiger partial charge in [-0.05, 0) is 25.0 Å². The molecule has 6 heteroatoms. The van der Waals surface area contributed by atoms with Gasteiger partial charge in [0.15, 0.2) is 0 Å². The zero-order valence-electron chi connectivity index (χ0n) is 16.1. The fourth-order valence-corrected chi connectivity index (χ4v) is 3.52. The van der Waals surface area contributed by atoms with Crippen LogP contribution in [0.5, 0.6) is 0 Å². The minimum atomic E-state index is 0.106. The van der Waals surface area contributed by atoms with E-state index in [1.54, 1.807) is 0 Å². The third-order valence-corrected chi connectivity index (χ3v) is 5.34. The number of amides is 2. The van der Waals surface area contributed by atoms with Crippen LogP contribution >= 0.6 is 0 Å². The second kappa shape index (κ2) is 8.61. The molecule has 1 aromatic carbocycles. The number of nitrogens with one attached hydrogen (secondary N) is 1. The predicted octanol–water partition coefficient (Wildman–Crippen LogP) is 2.30. The first-order valence-corrected chi connectivity index (χ1v) is 10.1. The molecular weight excluding hydrogens is 354 g/mol. The highest BCUT2D eigenvalue weighted by Gasteiger charge is 2.26. The summed E-state index contributed by atoms with van der Waals surface area (Å²) in [5.41, 5.74) is 1.04. The Hall–Kier alpha value is -2.60. The molecule has 2 fully saturated rings. The minimum Gasteiger partial charge on any atom is -0.461 e. The van der Waals surface area contributed by atoms with Crippen LogP contribution in [-0.4, -0.2) is 60.4 Å². The van der Waals surface area contributed by atoms with Crippen molar-refractivity contribution in [3.63, 3.8) is 0 Å². The summed E-state index contributed by atoms with van der Waals surface area (Å²) in [6.07, 6.45) is 3.27. The molecule has 1 saturated carbocycles. The first-order chi connectivity index (χ1) is 13.7. The van der Waals surface area contributed by atoms with Crippen LogP contribution < -0.4 is 5.32 Å². The van der Waals surface area contributed by atoms with E-state index < -0.39 is 0 Å². The van der Waals surface area contributed by atoms with Gasteiger partial charge in [0.25, 0.3) is 0 Å². The van der Waals surface area contributed by atoms with Crippen LogP contribution in [0.3, 0.4) is 0 Å². The summed E-state index contributed by atoms with van der Waals surface area (Å²) >= 11 is 0. The fourth-order valence-electron chi connectivity index (χ4n) is 3.52. The number of hydrogen-bond acceptors (Lipinski definition) is 4. The third-order valence-electron chi connectivity index (χ3n) is 5.34. The van der Waals surface area contributed by atoms with E-state index in [4.69, 9.17) is 4.42 Å². The van der Waals surface area contributed by atoms with Gasteiger partial charge in [-0.1, -0.05) is 30.3 Å². The number of carbonyl (C=O) groups is 2. The monoisotopic (exact) mass is 381 g/mol. The van der Waals surface area contributed by atoms with Crippen LogP contribution in [0.1, 0.15) is 25.0 Å². The molecule has 0 bridgehead atoms. The number of rotatable bonds is 7. The molecule has 148 valence electrons. The van der Waals surface area contributed by atoms with Crippen LogP contribution in [0, 0.1) is 0 Å². The second-order valence-corrected chi connectivity index (χ2v) is 7.63. The molecule has 2 amide bonds. The van der Waals surface area contributed by atoms with Crippen molar-refractivity contribution in [2.24, 2.45) is 0 Å². The maximum absolute atomic E-state index is 12.5. The summed E-state index contributed by atoms with van der Waals surface area (Å²) in [6.45, 7) is 3.31. The molecule has 1 N–H and O–H groups in total. The highest BCUT2D eigenvalue weighted by molar-refractivity contribution is 5.79. The molecule has 0 atom stereocenters. The Morgan fingerprint density at radius 3 is 2.46 bits per heavy atom. The molecule has 4 rings (SSSR count). The van der Waals surface area contributed by atoms with Crippen molar-refractivity contribution in [2.75, 3.05) is 32.7 Å². The number of aryl methyl sites for hydroxylation is 1. The maximum atomic E-state index is 12.5. The summed E-state index contributed by atoms with van der Waals surface area (Å²) in [6, 6.07) is 14.3. The van der Waals surface area contributed by atoms with Gasteiger partial charge in [0.1, 0.15) is 11.5 Å². The van der Waals surface area contributed by atoms with E-state index in [1.807, 2.05) is 47.4 Å². The molecule has 1 aromatic heterocycles. The van der Waals surface area contributed by atoms with Crippen molar-refractivity contribution in [3.05, 3.63) is 48.2 Å². The minimum absolute atomic E-state index is 0.106. The van der Waals surface area contributed by atoms with E-state index in [1.165, 1.54) is 0 Å². The molecule has 1 aliphatic heterocycles. The van der Waals surface area contributed by atoms with Gasteiger partial charge in [0.2, 0.25) is 11.8 Å². The van der Waals surface area contributed by atoms with E-state index in [9.17, 15) is 9.59 Å². The standard InChI is InChI=1S/C22H27N3O3/c26-21(23-18-6-7-18)16-24-12-14-25(15-13-24)22(27)11-9-19-8-10-20(28-19)17-4-2-1-3-5-17/h1-5,8,10,18H,6-7,9,11-16H2,(H,23,26). The molecule has 1 saturated heterocycles. The van der Waals surface area contributed by atoms with Crippen molar-refractivity contribution in [1.82, 2.24) is 15.1 Å². The highest BCUT2D eigenvalue weighted by Crippen LogP contribution is 2.22. The molecule has 2 aliphatic rings. The Morgan fingerprint density at radius 2 is 1.75 bits per heavy atom. The molecule has 28 heavy (non-hydrogen) atoms. The first-order valence-electron chi connectivity index (χ1n) is 10.1. The molecule has 6 nitrogen and oxygen atoms in total. The lowest BCUT2D eigenvalue weighted by Crippen LogP contribution is -2.51. The van der Waals surface area contributed by atoms with Crippen molar-refractivity contribution in [1.29, 1.82) is 0 Å². The Balaban J connectivity index is 1.19. The first kappa shape index (κ1) is 18.7. The number of carbonyl (C=O) groups excluding carboxylic acids is 2. The second-order valence-electron chi connectivity index (χ2n) is 7.63. The van der Waals surface area contributed by atoms with Crippen LogP contribution in [0.2, 0.25) is 0 Å². The topological polar surface area (TPSA) is 65.8 Å². The third kappa shape index (κ3) is 5.01. The van der Waals surface area contributed by atoms with Gasteiger partial charge in [-0.15, -0.1) is 0 Å². The summed E-state index contributed by atoms with van der Waals surface area (Å²) in [5.74, 6) is 1.93. The van der Waals surface area contributed by atoms with Crippen LogP contribution in [-0.2, 0) is 16.0 Å². The van der Waals surface area contributed by atoms with Gasteiger partial charge < -0.3 is 14.6 Å². The van der Waals surface area contributed by atoms with Gasteiger partial charge in [-0.3, -0.25) is 14.5 Å². The normalized spacial score (nSPS) is 17.5. The molecule has 0 radical (unpaired) electrons. The number of furan rings is 1. The summed E-state index contributed by atoms with van der Waals surface area (Å²) in [4.78, 5) is 28.4. The van der Waals surface area contributed by atoms with Crippen molar-refractivity contribution >= 4 is 11.8 Å². The lowest BCUT2D eigenvalue weighted by molar-refractivity contribution is -0.133. The lowest BCUT2D eigenvalue weighted by atomic mass is 10.2.